The van der Waals surface area contributed by atoms with E-state index in [9.17, 15) is 9.59 Å². The van der Waals surface area contributed by atoms with Gasteiger partial charge in [-0.1, -0.05) is 13.8 Å². The van der Waals surface area contributed by atoms with Crippen molar-refractivity contribution >= 4 is 11.8 Å². The number of carboxylic acid groups (broad SMARTS) is 1. The number of carbonyl (C=O) groups excluding carboxylic acids is 1. The molecule has 0 bridgehead atoms. The first-order valence-electron chi connectivity index (χ1n) is 11.5. The zero-order chi connectivity index (χ0) is 20.5. The van der Waals surface area contributed by atoms with Crippen molar-refractivity contribution in [3.05, 3.63) is 0 Å². The molecule has 0 spiro atoms. The summed E-state index contributed by atoms with van der Waals surface area (Å²) >= 11 is 0. The number of nitrogens with zero attached hydrogens (tertiary/aromatic N) is 1. The number of hydrogen-bond donors (Lipinski definition) is 2. The van der Waals surface area contributed by atoms with Crippen LogP contribution in [0.4, 0.5) is 0 Å². The van der Waals surface area contributed by atoms with Crippen molar-refractivity contribution in [1.29, 1.82) is 0 Å². The maximum atomic E-state index is 12.8. The van der Waals surface area contributed by atoms with E-state index in [0.29, 0.717) is 24.3 Å². The molecule has 7 nitrogen and oxygen atoms in total. The molecule has 8 atom stereocenters. The van der Waals surface area contributed by atoms with E-state index >= 15 is 0 Å². The Hall–Kier alpha value is -1.02. The molecule has 8 unspecified atom stereocenters. The van der Waals surface area contributed by atoms with Crippen molar-refractivity contribution in [2.45, 2.75) is 95.2 Å². The van der Waals surface area contributed by atoms with Gasteiger partial charge in [-0.25, -0.2) is 4.79 Å². The SMILES string of the molecule is CCN(CC)C1CCC2NC3C(CC(=O)C4CCC(OCC(=O)O)CC43)OC2C1. The van der Waals surface area contributed by atoms with Crippen LogP contribution in [-0.2, 0) is 19.1 Å². The van der Waals surface area contributed by atoms with Gasteiger partial charge in [0.25, 0.3) is 0 Å². The van der Waals surface area contributed by atoms with Crippen LogP contribution in [-0.4, -0.2) is 77.9 Å². The van der Waals surface area contributed by atoms with E-state index in [1.54, 1.807) is 0 Å². The minimum absolute atomic E-state index is 0.0568. The van der Waals surface area contributed by atoms with Gasteiger partial charge >= 0.3 is 5.97 Å². The fraction of sp³-hybridized carbons (Fsp3) is 0.909. The molecule has 0 aromatic carbocycles. The minimum Gasteiger partial charge on any atom is -0.480 e. The van der Waals surface area contributed by atoms with Crippen LogP contribution in [0.3, 0.4) is 0 Å². The third-order valence-corrected chi connectivity index (χ3v) is 7.82. The second kappa shape index (κ2) is 9.00. The molecule has 0 aromatic heterocycles. The molecule has 7 heteroatoms. The lowest BCUT2D eigenvalue weighted by Gasteiger charge is -2.54. The Morgan fingerprint density at radius 1 is 1.17 bits per heavy atom. The number of aliphatic carboxylic acids is 1. The van der Waals surface area contributed by atoms with Crippen molar-refractivity contribution in [3.63, 3.8) is 0 Å². The number of nitrogens with one attached hydrogen (secondary N) is 1. The molecule has 4 fully saturated rings. The molecule has 4 aliphatic rings. The van der Waals surface area contributed by atoms with Gasteiger partial charge < -0.3 is 24.8 Å². The van der Waals surface area contributed by atoms with Gasteiger partial charge in [0.15, 0.2) is 0 Å². The molecule has 4 rings (SSSR count). The predicted octanol–water partition coefficient (Wildman–Crippen LogP) is 1.83. The van der Waals surface area contributed by atoms with E-state index in [1.807, 2.05) is 0 Å². The van der Waals surface area contributed by atoms with Crippen molar-refractivity contribution in [3.8, 4) is 0 Å². The van der Waals surface area contributed by atoms with Crippen LogP contribution in [0.1, 0.15) is 58.8 Å². The summed E-state index contributed by atoms with van der Waals surface area (Å²) in [5, 5.41) is 12.8. The van der Waals surface area contributed by atoms with E-state index in [4.69, 9.17) is 14.6 Å². The Balaban J connectivity index is 1.42. The van der Waals surface area contributed by atoms with E-state index in [0.717, 1.165) is 45.2 Å². The van der Waals surface area contributed by atoms with Gasteiger partial charge in [-0.2, -0.15) is 0 Å². The van der Waals surface area contributed by atoms with Gasteiger partial charge in [-0.05, 0) is 57.5 Å². The van der Waals surface area contributed by atoms with Gasteiger partial charge in [0.05, 0.1) is 18.3 Å². The number of rotatable bonds is 6. The average Bonchev–Trinajstić information content (AvgIpc) is 2.72. The molecule has 1 saturated heterocycles. The molecule has 29 heavy (non-hydrogen) atoms. The Labute approximate surface area is 173 Å². The highest BCUT2D eigenvalue weighted by Gasteiger charge is 2.52. The van der Waals surface area contributed by atoms with Crippen molar-refractivity contribution < 1.29 is 24.2 Å². The topological polar surface area (TPSA) is 88.1 Å². The number of Topliss-reactive ketones (excluding diaryl/α,β-unsaturated/α-hetero) is 1. The lowest BCUT2D eigenvalue weighted by atomic mass is 9.65. The summed E-state index contributed by atoms with van der Waals surface area (Å²) in [4.78, 5) is 26.2. The Morgan fingerprint density at radius 3 is 2.69 bits per heavy atom. The van der Waals surface area contributed by atoms with E-state index in [1.165, 1.54) is 6.42 Å². The minimum atomic E-state index is -0.934. The first-order chi connectivity index (χ1) is 14.0. The lowest BCUT2D eigenvalue weighted by molar-refractivity contribution is -0.168. The molecule has 1 heterocycles. The lowest BCUT2D eigenvalue weighted by Crippen LogP contribution is -2.67. The maximum absolute atomic E-state index is 12.8. The summed E-state index contributed by atoms with van der Waals surface area (Å²) in [6.45, 7) is 6.32. The normalized spacial score (nSPS) is 42.1. The molecule has 2 N–H and O–H groups in total. The Morgan fingerprint density at radius 2 is 1.97 bits per heavy atom. The van der Waals surface area contributed by atoms with Crippen LogP contribution in [0.15, 0.2) is 0 Å². The summed E-state index contributed by atoms with van der Waals surface area (Å²) < 4.78 is 12.2. The number of hydrogen-bond acceptors (Lipinski definition) is 6. The van der Waals surface area contributed by atoms with E-state index in [2.05, 4.69) is 24.1 Å². The predicted molar refractivity (Wildman–Crippen MR) is 108 cm³/mol. The standard InChI is InChI=1S/C22H36N2O5/c1-3-24(4-2)13-5-8-17-19(9-13)29-20-11-18(25)15-7-6-14(28-12-21(26)27)10-16(15)22(20)23-17/h13-17,19-20,22-23H,3-12H2,1-2H3,(H,26,27). The van der Waals surface area contributed by atoms with Crippen LogP contribution in [0.25, 0.3) is 0 Å². The first-order valence-corrected chi connectivity index (χ1v) is 11.5. The van der Waals surface area contributed by atoms with Crippen molar-refractivity contribution in [1.82, 2.24) is 10.2 Å². The fourth-order valence-corrected chi connectivity index (χ4v) is 6.41. The van der Waals surface area contributed by atoms with Crippen LogP contribution >= 0.6 is 0 Å². The Kier molecular flexibility index (Phi) is 6.59. The highest BCUT2D eigenvalue weighted by atomic mass is 16.5. The number of fused-ring (bicyclic) bond motifs is 4. The monoisotopic (exact) mass is 408 g/mol. The van der Waals surface area contributed by atoms with Gasteiger partial charge in [-0.15, -0.1) is 0 Å². The van der Waals surface area contributed by atoms with Crippen LogP contribution < -0.4 is 5.32 Å². The maximum Gasteiger partial charge on any atom is 0.329 e. The molecule has 0 radical (unpaired) electrons. The molecule has 1 aliphatic heterocycles. The third kappa shape index (κ3) is 4.38. The summed E-state index contributed by atoms with van der Waals surface area (Å²) in [7, 11) is 0. The molecule has 0 amide bonds. The molecular formula is C22H36N2O5. The van der Waals surface area contributed by atoms with Gasteiger partial charge in [0.2, 0.25) is 0 Å². The molecule has 164 valence electrons. The highest BCUT2D eigenvalue weighted by Crippen LogP contribution is 2.44. The van der Waals surface area contributed by atoms with Crippen molar-refractivity contribution in [2.75, 3.05) is 19.7 Å². The van der Waals surface area contributed by atoms with E-state index < -0.39 is 5.97 Å². The summed E-state index contributed by atoms with van der Waals surface area (Å²) in [5.41, 5.74) is 0. The second-order valence-corrected chi connectivity index (χ2v) is 9.28. The number of ether oxygens (including phenoxy) is 2. The average molecular weight is 409 g/mol. The molecule has 3 aliphatic carbocycles. The molecule has 3 saturated carbocycles. The third-order valence-electron chi connectivity index (χ3n) is 7.82. The van der Waals surface area contributed by atoms with Gasteiger partial charge in [-0.3, -0.25) is 4.79 Å². The summed E-state index contributed by atoms with van der Waals surface area (Å²) in [6.07, 6.45) is 6.23. The zero-order valence-electron chi connectivity index (χ0n) is 17.7. The number of carbonyl (C=O) groups is 2. The quantitative estimate of drug-likeness (QED) is 0.693. The van der Waals surface area contributed by atoms with Crippen LogP contribution in [0, 0.1) is 11.8 Å². The number of ketones is 1. The van der Waals surface area contributed by atoms with Crippen LogP contribution in [0.2, 0.25) is 0 Å². The fourth-order valence-electron chi connectivity index (χ4n) is 6.41. The van der Waals surface area contributed by atoms with Crippen molar-refractivity contribution in [2.24, 2.45) is 11.8 Å². The molecule has 0 aromatic rings. The second-order valence-electron chi connectivity index (χ2n) is 9.28. The summed E-state index contributed by atoms with van der Waals surface area (Å²) in [6, 6.07) is 1.11. The highest BCUT2D eigenvalue weighted by molar-refractivity contribution is 5.83. The smallest absolute Gasteiger partial charge is 0.329 e. The summed E-state index contributed by atoms with van der Waals surface area (Å²) in [5.74, 6) is -0.350. The van der Waals surface area contributed by atoms with Gasteiger partial charge in [0.1, 0.15) is 12.4 Å². The molecular weight excluding hydrogens is 372 g/mol. The number of carboxylic acids is 1. The van der Waals surface area contributed by atoms with Crippen LogP contribution in [0.5, 0.6) is 0 Å². The largest absolute Gasteiger partial charge is 0.480 e. The van der Waals surface area contributed by atoms with Gasteiger partial charge in [0, 0.05) is 30.5 Å². The first kappa shape index (κ1) is 21.2. The Bertz CT molecular complexity index is 610. The van der Waals surface area contributed by atoms with E-state index in [-0.39, 0.29) is 42.8 Å². The zero-order valence-corrected chi connectivity index (χ0v) is 17.7. The number of morpholine rings is 1.